The van der Waals surface area contributed by atoms with Crippen LogP contribution in [0.25, 0.3) is 0 Å². The number of piperidine rings is 2. The Morgan fingerprint density at radius 2 is 1.90 bits per heavy atom. The van der Waals surface area contributed by atoms with Gasteiger partial charge in [0.05, 0.1) is 5.69 Å². The van der Waals surface area contributed by atoms with Crippen LogP contribution in [0.3, 0.4) is 0 Å². The highest BCUT2D eigenvalue weighted by atomic mass is 19.1. The standard InChI is InChI=1S/C21H28FN3O4/c1-21(2,3)29-20(28)25-11-9-13(10-12-25)14-5-4-6-15(18(14)22)23-16-7-8-17(26)24-19(16)27/h4-6,13,16,23H,7-12H2,1-3H3,(H,24,26,27). The van der Waals surface area contributed by atoms with Crippen molar-refractivity contribution in [1.82, 2.24) is 10.2 Å². The van der Waals surface area contributed by atoms with E-state index < -0.39 is 17.6 Å². The first-order chi connectivity index (χ1) is 13.6. The molecule has 2 heterocycles. The quantitative estimate of drug-likeness (QED) is 0.755. The molecule has 2 aliphatic heterocycles. The summed E-state index contributed by atoms with van der Waals surface area (Å²) in [7, 11) is 0. The lowest BCUT2D eigenvalue weighted by Gasteiger charge is -2.34. The highest BCUT2D eigenvalue weighted by molar-refractivity contribution is 6.01. The van der Waals surface area contributed by atoms with Crippen molar-refractivity contribution in [3.63, 3.8) is 0 Å². The zero-order chi connectivity index (χ0) is 21.2. The molecule has 8 heteroatoms. The lowest BCUT2D eigenvalue weighted by molar-refractivity contribution is -0.133. The molecule has 0 aromatic heterocycles. The number of hydrogen-bond donors (Lipinski definition) is 2. The summed E-state index contributed by atoms with van der Waals surface area (Å²) >= 11 is 0. The van der Waals surface area contributed by atoms with E-state index in [0.29, 0.717) is 37.9 Å². The summed E-state index contributed by atoms with van der Waals surface area (Å²) in [6.45, 7) is 6.49. The molecule has 0 radical (unpaired) electrons. The van der Waals surface area contributed by atoms with Crippen LogP contribution in [-0.4, -0.2) is 47.5 Å². The molecule has 7 nitrogen and oxygen atoms in total. The molecule has 1 aromatic rings. The van der Waals surface area contributed by atoms with Gasteiger partial charge >= 0.3 is 6.09 Å². The molecule has 0 saturated carbocycles. The SMILES string of the molecule is CC(C)(C)OC(=O)N1CCC(c2cccc(NC3CCC(=O)NC3=O)c2F)CC1. The number of nitrogens with one attached hydrogen (secondary N) is 2. The number of halogens is 1. The van der Waals surface area contributed by atoms with E-state index in [9.17, 15) is 14.4 Å². The summed E-state index contributed by atoms with van der Waals surface area (Å²) in [6.07, 6.45) is 1.50. The molecule has 2 fully saturated rings. The second kappa shape index (κ2) is 8.39. The van der Waals surface area contributed by atoms with Gasteiger partial charge in [-0.3, -0.25) is 14.9 Å². The fourth-order valence-corrected chi connectivity index (χ4v) is 3.70. The van der Waals surface area contributed by atoms with Crippen LogP contribution in [0.5, 0.6) is 0 Å². The molecule has 158 valence electrons. The van der Waals surface area contributed by atoms with Crippen molar-refractivity contribution in [3.05, 3.63) is 29.6 Å². The summed E-state index contributed by atoms with van der Waals surface area (Å²) in [5.41, 5.74) is 0.286. The number of carbonyl (C=O) groups is 3. The Labute approximate surface area is 170 Å². The van der Waals surface area contributed by atoms with Crippen molar-refractivity contribution in [1.29, 1.82) is 0 Å². The van der Waals surface area contributed by atoms with Crippen LogP contribution in [0.2, 0.25) is 0 Å². The molecule has 2 aliphatic rings. The first kappa shape index (κ1) is 21.1. The predicted molar refractivity (Wildman–Crippen MR) is 106 cm³/mol. The predicted octanol–water partition coefficient (Wildman–Crippen LogP) is 3.16. The lowest BCUT2D eigenvalue weighted by Crippen LogP contribution is -2.47. The number of rotatable bonds is 3. The summed E-state index contributed by atoms with van der Waals surface area (Å²) in [5, 5.41) is 5.19. The number of likely N-dealkylation sites (tertiary alicyclic amines) is 1. The van der Waals surface area contributed by atoms with Gasteiger partial charge in [-0.1, -0.05) is 12.1 Å². The largest absolute Gasteiger partial charge is 0.444 e. The fraction of sp³-hybridized carbons (Fsp3) is 0.571. The van der Waals surface area contributed by atoms with E-state index in [1.807, 2.05) is 20.8 Å². The van der Waals surface area contributed by atoms with Crippen molar-refractivity contribution in [2.75, 3.05) is 18.4 Å². The molecule has 2 N–H and O–H groups in total. The van der Waals surface area contributed by atoms with Gasteiger partial charge in [-0.2, -0.15) is 0 Å². The van der Waals surface area contributed by atoms with Gasteiger partial charge in [-0.25, -0.2) is 9.18 Å². The van der Waals surface area contributed by atoms with E-state index in [2.05, 4.69) is 10.6 Å². The first-order valence-corrected chi connectivity index (χ1v) is 10.0. The number of anilines is 1. The van der Waals surface area contributed by atoms with Crippen LogP contribution < -0.4 is 10.6 Å². The summed E-state index contributed by atoms with van der Waals surface area (Å²) < 4.78 is 20.5. The lowest BCUT2D eigenvalue weighted by atomic mass is 9.88. The van der Waals surface area contributed by atoms with Crippen molar-refractivity contribution in [2.45, 2.75) is 64.0 Å². The van der Waals surface area contributed by atoms with Gasteiger partial charge in [0.2, 0.25) is 11.8 Å². The third kappa shape index (κ3) is 5.25. The first-order valence-electron chi connectivity index (χ1n) is 10.0. The minimum absolute atomic E-state index is 0.0165. The molecular formula is C21H28FN3O4. The maximum atomic E-state index is 15.1. The minimum atomic E-state index is -0.633. The zero-order valence-corrected chi connectivity index (χ0v) is 17.1. The van der Waals surface area contributed by atoms with Crippen LogP contribution in [-0.2, 0) is 14.3 Å². The average molecular weight is 405 g/mol. The fourth-order valence-electron chi connectivity index (χ4n) is 3.70. The number of imide groups is 1. The topological polar surface area (TPSA) is 87.7 Å². The second-order valence-electron chi connectivity index (χ2n) is 8.60. The van der Waals surface area contributed by atoms with Gasteiger partial charge in [-0.15, -0.1) is 0 Å². The summed E-state index contributed by atoms with van der Waals surface area (Å²) in [4.78, 5) is 37.1. The molecule has 29 heavy (non-hydrogen) atoms. The maximum absolute atomic E-state index is 15.1. The normalized spacial score (nSPS) is 21.0. The van der Waals surface area contributed by atoms with Crippen molar-refractivity contribution in [3.8, 4) is 0 Å². The highest BCUT2D eigenvalue weighted by Crippen LogP contribution is 2.33. The Bertz CT molecular complexity index is 798. The molecule has 2 saturated heterocycles. The van der Waals surface area contributed by atoms with Gasteiger partial charge in [0.1, 0.15) is 17.5 Å². The maximum Gasteiger partial charge on any atom is 0.410 e. The molecule has 0 spiro atoms. The number of amides is 3. The molecule has 3 amide bonds. The third-order valence-corrected chi connectivity index (χ3v) is 5.18. The van der Waals surface area contributed by atoms with E-state index in [0.717, 1.165) is 0 Å². The molecule has 1 atom stereocenters. The number of benzene rings is 1. The number of hydrogen-bond acceptors (Lipinski definition) is 5. The van der Waals surface area contributed by atoms with Crippen molar-refractivity contribution >= 4 is 23.6 Å². The van der Waals surface area contributed by atoms with Crippen LogP contribution in [0, 0.1) is 5.82 Å². The van der Waals surface area contributed by atoms with Crippen LogP contribution in [0.15, 0.2) is 18.2 Å². The number of carbonyl (C=O) groups excluding carboxylic acids is 3. The average Bonchev–Trinajstić information content (AvgIpc) is 2.64. The minimum Gasteiger partial charge on any atom is -0.444 e. The van der Waals surface area contributed by atoms with E-state index in [4.69, 9.17) is 4.74 Å². The van der Waals surface area contributed by atoms with Crippen LogP contribution in [0.4, 0.5) is 14.9 Å². The van der Waals surface area contributed by atoms with Gasteiger partial charge in [0, 0.05) is 19.5 Å². The summed E-state index contributed by atoms with van der Waals surface area (Å²) in [5.74, 6) is -1.14. The second-order valence-corrected chi connectivity index (χ2v) is 8.60. The Morgan fingerprint density at radius 1 is 1.21 bits per heavy atom. The molecular weight excluding hydrogens is 377 g/mol. The highest BCUT2D eigenvalue weighted by Gasteiger charge is 2.30. The zero-order valence-electron chi connectivity index (χ0n) is 17.1. The Kier molecular flexibility index (Phi) is 6.10. The summed E-state index contributed by atoms with van der Waals surface area (Å²) in [6, 6.07) is 4.47. The molecule has 1 aromatic carbocycles. The monoisotopic (exact) mass is 405 g/mol. The van der Waals surface area contributed by atoms with Crippen LogP contribution in [0.1, 0.15) is 57.9 Å². The number of ether oxygens (including phenoxy) is 1. The van der Waals surface area contributed by atoms with E-state index in [1.165, 1.54) is 0 Å². The Balaban J connectivity index is 1.64. The van der Waals surface area contributed by atoms with Gasteiger partial charge in [0.15, 0.2) is 0 Å². The van der Waals surface area contributed by atoms with Gasteiger partial charge in [0.25, 0.3) is 0 Å². The molecule has 0 bridgehead atoms. The molecule has 3 rings (SSSR count). The van der Waals surface area contributed by atoms with Crippen molar-refractivity contribution in [2.24, 2.45) is 0 Å². The van der Waals surface area contributed by atoms with E-state index in [-0.39, 0.29) is 35.8 Å². The molecule has 1 unspecified atom stereocenters. The van der Waals surface area contributed by atoms with Crippen molar-refractivity contribution < 1.29 is 23.5 Å². The van der Waals surface area contributed by atoms with E-state index in [1.54, 1.807) is 23.1 Å². The third-order valence-electron chi connectivity index (χ3n) is 5.18. The Hall–Kier alpha value is -2.64. The van der Waals surface area contributed by atoms with Gasteiger partial charge < -0.3 is 15.0 Å². The number of nitrogens with zero attached hydrogens (tertiary/aromatic N) is 1. The van der Waals surface area contributed by atoms with E-state index >= 15 is 4.39 Å². The Morgan fingerprint density at radius 3 is 2.52 bits per heavy atom. The van der Waals surface area contributed by atoms with Crippen LogP contribution >= 0.6 is 0 Å². The smallest absolute Gasteiger partial charge is 0.410 e. The molecule has 0 aliphatic carbocycles. The van der Waals surface area contributed by atoms with Gasteiger partial charge in [-0.05, 0) is 57.6 Å².